The van der Waals surface area contributed by atoms with Gasteiger partial charge in [-0.15, -0.1) is 0 Å². The molecule has 6 N–H and O–H groups in total. The Morgan fingerprint density at radius 2 is 1.64 bits per heavy atom. The molecule has 1 heterocycles. The van der Waals surface area contributed by atoms with E-state index in [4.69, 9.17) is 15.2 Å². The van der Waals surface area contributed by atoms with E-state index < -0.39 is 54.6 Å². The first kappa shape index (κ1) is 37.6. The number of aliphatic hydroxyl groups excluding tert-OH is 4. The number of amides is 1. The van der Waals surface area contributed by atoms with Crippen molar-refractivity contribution in [3.8, 4) is 0 Å². The van der Waals surface area contributed by atoms with Gasteiger partial charge in [-0.2, -0.15) is 0 Å². The number of hydrogen-bond acceptors (Lipinski definition) is 8. The molecule has 0 aliphatic carbocycles. The molecule has 9 nitrogen and oxygen atoms in total. The molecule has 1 aliphatic rings. The van der Waals surface area contributed by atoms with Gasteiger partial charge in [-0.3, -0.25) is 4.79 Å². The maximum absolute atomic E-state index is 12.0. The Kier molecular flexibility index (Phi) is 15.7. The van der Waals surface area contributed by atoms with Crippen LogP contribution in [-0.4, -0.2) is 69.1 Å². The summed E-state index contributed by atoms with van der Waals surface area (Å²) in [4.78, 5) is 23.5. The predicted octanol–water partition coefficient (Wildman–Crippen LogP) is 4.30. The van der Waals surface area contributed by atoms with Crippen LogP contribution in [0.25, 0.3) is 0 Å². The first-order valence-electron chi connectivity index (χ1n) is 15.0. The van der Waals surface area contributed by atoms with E-state index in [9.17, 15) is 30.0 Å². The van der Waals surface area contributed by atoms with Crippen molar-refractivity contribution in [1.82, 2.24) is 0 Å². The van der Waals surface area contributed by atoms with Crippen LogP contribution in [0.15, 0.2) is 48.6 Å². The molecule has 0 radical (unpaired) electrons. The van der Waals surface area contributed by atoms with Crippen LogP contribution in [0.5, 0.6) is 0 Å². The van der Waals surface area contributed by atoms with Crippen molar-refractivity contribution in [2.45, 2.75) is 105 Å². The molecule has 0 aromatic carbocycles. The summed E-state index contributed by atoms with van der Waals surface area (Å²) < 4.78 is 10.8. The molecule has 240 valence electrons. The van der Waals surface area contributed by atoms with Crippen LogP contribution in [0.2, 0.25) is 0 Å². The fraction of sp³-hybridized carbons (Fsp3) is 0.697. The molecule has 0 saturated carbocycles. The fourth-order valence-electron chi connectivity index (χ4n) is 5.80. The van der Waals surface area contributed by atoms with Crippen LogP contribution in [0, 0.1) is 41.4 Å². The average Bonchev–Trinajstić information content (AvgIpc) is 2.93. The molecule has 0 aromatic rings. The van der Waals surface area contributed by atoms with Gasteiger partial charge in [0.1, 0.15) is 12.2 Å². The SMILES string of the molecule is C=CC=C[C@H](C)C(OC(N)=O)[C@@H](C)C(O)C(C)CC(C)=C[C@H](C)C(O)[C@@H](C)C=C[C@@H](O)C[C@@H]1OC(=O)C(C)[C@@H](O)[C@H]1C. The van der Waals surface area contributed by atoms with Crippen molar-refractivity contribution in [2.75, 3.05) is 0 Å². The highest BCUT2D eigenvalue weighted by molar-refractivity contribution is 5.73. The Morgan fingerprint density at radius 1 is 1.02 bits per heavy atom. The molecule has 0 aromatic heterocycles. The highest BCUT2D eigenvalue weighted by Gasteiger charge is 2.41. The van der Waals surface area contributed by atoms with E-state index in [0.717, 1.165) is 5.57 Å². The fourth-order valence-corrected chi connectivity index (χ4v) is 5.80. The number of primary amides is 1. The molecule has 42 heavy (non-hydrogen) atoms. The Labute approximate surface area is 252 Å². The van der Waals surface area contributed by atoms with E-state index >= 15 is 0 Å². The molecule has 1 aliphatic heterocycles. The van der Waals surface area contributed by atoms with Gasteiger partial charge >= 0.3 is 12.1 Å². The lowest BCUT2D eigenvalue weighted by atomic mass is 9.81. The van der Waals surface area contributed by atoms with Gasteiger partial charge in [0.05, 0.1) is 30.3 Å². The summed E-state index contributed by atoms with van der Waals surface area (Å²) in [6.07, 6.45) is 6.04. The molecule has 1 saturated heterocycles. The summed E-state index contributed by atoms with van der Waals surface area (Å²) in [5.74, 6) is -2.52. The smallest absolute Gasteiger partial charge is 0.404 e. The second-order valence-electron chi connectivity index (χ2n) is 12.4. The largest absolute Gasteiger partial charge is 0.462 e. The first-order chi connectivity index (χ1) is 19.5. The van der Waals surface area contributed by atoms with Crippen molar-refractivity contribution in [1.29, 1.82) is 0 Å². The average molecular weight is 594 g/mol. The molecule has 0 spiro atoms. The third-order valence-electron chi connectivity index (χ3n) is 8.62. The van der Waals surface area contributed by atoms with E-state index in [-0.39, 0.29) is 41.9 Å². The lowest BCUT2D eigenvalue weighted by molar-refractivity contribution is -0.179. The minimum absolute atomic E-state index is 0.152. The monoisotopic (exact) mass is 593 g/mol. The number of carbonyl (C=O) groups is 2. The highest BCUT2D eigenvalue weighted by atomic mass is 16.6. The number of hydrogen-bond donors (Lipinski definition) is 5. The quantitative estimate of drug-likeness (QED) is 0.101. The maximum atomic E-state index is 12.0. The molecule has 9 heteroatoms. The van der Waals surface area contributed by atoms with Crippen LogP contribution < -0.4 is 5.73 Å². The van der Waals surface area contributed by atoms with E-state index in [1.807, 2.05) is 53.7 Å². The lowest BCUT2D eigenvalue weighted by Crippen LogP contribution is -2.47. The van der Waals surface area contributed by atoms with Crippen LogP contribution in [0.3, 0.4) is 0 Å². The van der Waals surface area contributed by atoms with Gasteiger partial charge in [-0.05, 0) is 26.2 Å². The van der Waals surface area contributed by atoms with Gasteiger partial charge in [-0.1, -0.05) is 90.2 Å². The van der Waals surface area contributed by atoms with Gasteiger partial charge < -0.3 is 35.6 Å². The zero-order chi connectivity index (χ0) is 32.3. The molecule has 13 atom stereocenters. The van der Waals surface area contributed by atoms with E-state index in [2.05, 4.69) is 6.58 Å². The molecule has 5 unspecified atom stereocenters. The summed E-state index contributed by atoms with van der Waals surface area (Å²) in [5.41, 5.74) is 6.30. The summed E-state index contributed by atoms with van der Waals surface area (Å²) in [6.45, 7) is 18.5. The summed E-state index contributed by atoms with van der Waals surface area (Å²) >= 11 is 0. The number of esters is 1. The zero-order valence-corrected chi connectivity index (χ0v) is 26.6. The van der Waals surface area contributed by atoms with Gasteiger partial charge in [0.25, 0.3) is 0 Å². The van der Waals surface area contributed by atoms with Crippen LogP contribution in [-0.2, 0) is 14.3 Å². The molecule has 1 rings (SSSR count). The first-order valence-corrected chi connectivity index (χ1v) is 15.0. The number of carbonyl (C=O) groups excluding carboxylic acids is 2. The van der Waals surface area contributed by atoms with Gasteiger partial charge in [-0.25, -0.2) is 4.79 Å². The number of allylic oxidation sites excluding steroid dienone is 3. The molecule has 1 amide bonds. The van der Waals surface area contributed by atoms with Crippen molar-refractivity contribution in [2.24, 2.45) is 47.2 Å². The van der Waals surface area contributed by atoms with Gasteiger partial charge in [0.2, 0.25) is 0 Å². The number of rotatable bonds is 16. The minimum Gasteiger partial charge on any atom is -0.462 e. The Morgan fingerprint density at radius 3 is 2.21 bits per heavy atom. The van der Waals surface area contributed by atoms with Crippen LogP contribution in [0.4, 0.5) is 4.79 Å². The second-order valence-corrected chi connectivity index (χ2v) is 12.4. The van der Waals surface area contributed by atoms with Gasteiger partial charge in [0, 0.05) is 36.0 Å². The molecular formula is C33H55NO8. The van der Waals surface area contributed by atoms with Crippen molar-refractivity contribution in [3.63, 3.8) is 0 Å². The van der Waals surface area contributed by atoms with E-state index in [1.54, 1.807) is 38.2 Å². The zero-order valence-electron chi connectivity index (χ0n) is 26.6. The summed E-state index contributed by atoms with van der Waals surface area (Å²) in [5, 5.41) is 42.8. The summed E-state index contributed by atoms with van der Waals surface area (Å²) in [6, 6.07) is 0. The van der Waals surface area contributed by atoms with Crippen LogP contribution in [0.1, 0.15) is 68.2 Å². The second kappa shape index (κ2) is 17.6. The summed E-state index contributed by atoms with van der Waals surface area (Å²) in [7, 11) is 0. The number of cyclic esters (lactones) is 1. The van der Waals surface area contributed by atoms with E-state index in [1.165, 1.54) is 0 Å². The minimum atomic E-state index is -0.894. The maximum Gasteiger partial charge on any atom is 0.404 e. The third kappa shape index (κ3) is 11.3. The third-order valence-corrected chi connectivity index (χ3v) is 8.62. The topological polar surface area (TPSA) is 160 Å². The molecular weight excluding hydrogens is 538 g/mol. The lowest BCUT2D eigenvalue weighted by Gasteiger charge is -2.36. The molecule has 1 fully saturated rings. The van der Waals surface area contributed by atoms with Crippen molar-refractivity contribution < 1.29 is 39.5 Å². The standard InChI is InChI=1S/C33H55NO8/c1-10-11-12-20(4)31(42-33(34)40)24(8)29(37)22(6)16-18(2)15-21(5)28(36)19(3)13-14-26(35)17-27-23(7)30(38)25(9)32(39)41-27/h10-15,19-31,35-38H,1,16-17H2,2-9H3,(H2,34,40)/t19-,20-,21-,22?,23-,24-,25?,26+,27-,28?,29?,30-,31?/m0/s1. The Balaban J connectivity index is 2.76. The van der Waals surface area contributed by atoms with E-state index in [0.29, 0.717) is 6.42 Å². The van der Waals surface area contributed by atoms with Gasteiger partial charge in [0.15, 0.2) is 0 Å². The highest BCUT2D eigenvalue weighted by Crippen LogP contribution is 2.30. The number of aliphatic hydroxyl groups is 4. The Hall–Kier alpha value is -2.46. The normalized spacial score (nSPS) is 28.3. The van der Waals surface area contributed by atoms with Crippen LogP contribution >= 0.6 is 0 Å². The van der Waals surface area contributed by atoms with Crippen molar-refractivity contribution in [3.05, 3.63) is 48.6 Å². The van der Waals surface area contributed by atoms with Crippen molar-refractivity contribution >= 4 is 12.1 Å². The number of nitrogens with two attached hydrogens (primary N) is 1. The molecule has 0 bridgehead atoms. The number of ether oxygens (including phenoxy) is 2. The Bertz CT molecular complexity index is 962. The predicted molar refractivity (Wildman–Crippen MR) is 164 cm³/mol.